The molecule has 272 valence electrons. The van der Waals surface area contributed by atoms with Gasteiger partial charge in [-0.2, -0.15) is 0 Å². The summed E-state index contributed by atoms with van der Waals surface area (Å²) in [7, 11) is -0.648. The molecule has 48 heavy (non-hydrogen) atoms. The predicted molar refractivity (Wildman–Crippen MR) is 182 cm³/mol. The molecule has 2 aliphatic carbocycles. The molecule has 4 fully saturated rings. The maximum absolute atomic E-state index is 14.3. The Morgan fingerprint density at radius 2 is 1.54 bits per heavy atom. The van der Waals surface area contributed by atoms with Crippen molar-refractivity contribution in [1.82, 2.24) is 30.5 Å². The minimum absolute atomic E-state index is 0.0920. The fourth-order valence-corrected chi connectivity index (χ4v) is 9.45. The van der Waals surface area contributed by atoms with Crippen molar-refractivity contribution in [3.8, 4) is 0 Å². The van der Waals surface area contributed by atoms with E-state index in [0.717, 1.165) is 44.9 Å². The second-order valence-corrected chi connectivity index (χ2v) is 17.5. The first-order chi connectivity index (χ1) is 22.6. The Morgan fingerprint density at radius 3 is 2.17 bits per heavy atom. The summed E-state index contributed by atoms with van der Waals surface area (Å²) in [5.41, 5.74) is -1.12. The first kappa shape index (κ1) is 38.1. The Bertz CT molecular complexity index is 1310. The number of nitrogens with zero attached hydrogens (tertiary/aromatic N) is 2. The number of hydrogen-bond acceptors (Lipinski definition) is 7. The summed E-state index contributed by atoms with van der Waals surface area (Å²) in [6, 6.07) is -3.31. The van der Waals surface area contributed by atoms with Crippen LogP contribution in [-0.4, -0.2) is 104 Å². The predicted octanol–water partition coefficient (Wildman–Crippen LogP) is 2.45. The second-order valence-electron chi connectivity index (χ2n) is 15.3. The van der Waals surface area contributed by atoms with Gasteiger partial charge in [0.1, 0.15) is 12.1 Å². The van der Waals surface area contributed by atoms with Crippen LogP contribution in [0, 0.1) is 17.3 Å². The molecule has 0 radical (unpaired) electrons. The van der Waals surface area contributed by atoms with Crippen LogP contribution in [0.15, 0.2) is 0 Å². The molecular formula is C34H58N6O7S. The van der Waals surface area contributed by atoms with Crippen LogP contribution in [-0.2, 0) is 29.2 Å². The molecule has 0 spiro atoms. The van der Waals surface area contributed by atoms with E-state index in [9.17, 15) is 32.4 Å². The summed E-state index contributed by atoms with van der Waals surface area (Å²) in [4.78, 5) is 69.4. The van der Waals surface area contributed by atoms with Crippen molar-refractivity contribution in [2.75, 3.05) is 32.9 Å². The first-order valence-corrected chi connectivity index (χ1v) is 19.7. The average molecular weight is 695 g/mol. The van der Waals surface area contributed by atoms with Crippen LogP contribution in [0.4, 0.5) is 4.79 Å². The molecule has 4 N–H and O–H groups in total. The van der Waals surface area contributed by atoms with E-state index in [-0.39, 0.29) is 28.9 Å². The highest BCUT2D eigenvalue weighted by Crippen LogP contribution is 2.65. The van der Waals surface area contributed by atoms with E-state index in [1.807, 2.05) is 6.92 Å². The summed E-state index contributed by atoms with van der Waals surface area (Å²) in [5.74, 6) is -2.43. The molecule has 2 heterocycles. The van der Waals surface area contributed by atoms with E-state index >= 15 is 0 Å². The number of carbonyl (C=O) groups is 5. The number of sulfonamides is 1. The van der Waals surface area contributed by atoms with Crippen molar-refractivity contribution in [1.29, 1.82) is 0 Å². The third kappa shape index (κ3) is 8.88. The van der Waals surface area contributed by atoms with Crippen LogP contribution >= 0.6 is 0 Å². The fourth-order valence-electron chi connectivity index (χ4n) is 8.13. The van der Waals surface area contributed by atoms with E-state index in [0.29, 0.717) is 58.0 Å². The van der Waals surface area contributed by atoms with E-state index in [2.05, 4.69) is 35.1 Å². The van der Waals surface area contributed by atoms with Crippen molar-refractivity contribution in [3.05, 3.63) is 0 Å². The fraction of sp³-hybridized carbons (Fsp3) is 0.853. The van der Waals surface area contributed by atoms with E-state index in [4.69, 9.17) is 0 Å². The summed E-state index contributed by atoms with van der Waals surface area (Å²) in [5, 5.41) is 11.4. The largest absolute Gasteiger partial charge is 0.349 e. The van der Waals surface area contributed by atoms with Gasteiger partial charge in [-0.15, -0.1) is 0 Å². The van der Waals surface area contributed by atoms with Gasteiger partial charge in [0.25, 0.3) is 5.91 Å². The number of ketones is 1. The van der Waals surface area contributed by atoms with Gasteiger partial charge in [0, 0.05) is 27.2 Å². The molecule has 2 saturated heterocycles. The molecule has 0 unspecified atom stereocenters. The van der Waals surface area contributed by atoms with E-state index in [1.165, 1.54) is 18.4 Å². The number of piperidine rings is 1. The lowest BCUT2D eigenvalue weighted by atomic mass is 9.83. The van der Waals surface area contributed by atoms with Gasteiger partial charge >= 0.3 is 6.03 Å². The number of hydrogen-bond donors (Lipinski definition) is 4. The lowest BCUT2D eigenvalue weighted by Gasteiger charge is -2.39. The molecule has 2 aliphatic heterocycles. The number of Topliss-reactive ketones (excluding diaryl/α,β-unsaturated/α-hetero) is 1. The normalized spacial score (nSPS) is 29.4. The van der Waals surface area contributed by atoms with Gasteiger partial charge in [-0.3, -0.25) is 19.2 Å². The van der Waals surface area contributed by atoms with Crippen LogP contribution in [0.25, 0.3) is 0 Å². The van der Waals surface area contributed by atoms with Crippen molar-refractivity contribution in [2.24, 2.45) is 17.3 Å². The third-order valence-corrected chi connectivity index (χ3v) is 13.2. The maximum Gasteiger partial charge on any atom is 0.315 e. The molecule has 0 aromatic carbocycles. The molecule has 0 aromatic heterocycles. The molecule has 4 rings (SSSR count). The van der Waals surface area contributed by atoms with Crippen LogP contribution in [0.1, 0.15) is 111 Å². The molecular weight excluding hydrogens is 636 g/mol. The van der Waals surface area contributed by atoms with Gasteiger partial charge in [-0.1, -0.05) is 78.6 Å². The minimum atomic E-state index is -3.61. The Hall–Kier alpha value is -2.74. The number of nitrogens with one attached hydrogen (secondary N) is 4. The SMILES string of the molecule is CCCNC(=O)C(=O)[C@H]1CCCCCCCC[C@@H](NC(=O)NC2(CS(=O)(=O)N(C)C)CCCCC2)C(=O)N2C[C@H]3[C@@H]([C@H]2C(=O)N1)C3(C)C. The van der Waals surface area contributed by atoms with Gasteiger partial charge in [-0.05, 0) is 49.4 Å². The highest BCUT2D eigenvalue weighted by molar-refractivity contribution is 7.89. The molecule has 13 nitrogen and oxygen atoms in total. The van der Waals surface area contributed by atoms with Crippen LogP contribution in [0.3, 0.4) is 0 Å². The lowest BCUT2D eigenvalue weighted by Crippen LogP contribution is -2.62. The maximum atomic E-state index is 14.3. The molecule has 14 heteroatoms. The van der Waals surface area contributed by atoms with Crippen LogP contribution in [0.5, 0.6) is 0 Å². The van der Waals surface area contributed by atoms with Crippen molar-refractivity contribution in [3.63, 3.8) is 0 Å². The van der Waals surface area contributed by atoms with Gasteiger partial charge in [-0.25, -0.2) is 17.5 Å². The highest BCUT2D eigenvalue weighted by atomic mass is 32.2. The second kappa shape index (κ2) is 15.9. The van der Waals surface area contributed by atoms with Gasteiger partial charge in [0.05, 0.1) is 17.3 Å². The van der Waals surface area contributed by atoms with Crippen LogP contribution in [0.2, 0.25) is 0 Å². The Labute approximate surface area is 286 Å². The molecule has 5 amide bonds. The topological polar surface area (TPSA) is 174 Å². The number of rotatable bonds is 9. The molecule has 4 aliphatic rings. The molecule has 0 aromatic rings. The average Bonchev–Trinajstić information content (AvgIpc) is 3.33. The monoisotopic (exact) mass is 694 g/mol. The van der Waals surface area contributed by atoms with Crippen molar-refractivity contribution in [2.45, 2.75) is 134 Å². The molecule has 0 bridgehead atoms. The van der Waals surface area contributed by atoms with Gasteiger partial charge in [0.2, 0.25) is 27.6 Å². The Balaban J connectivity index is 1.56. The third-order valence-electron chi connectivity index (χ3n) is 11.2. The van der Waals surface area contributed by atoms with Gasteiger partial charge < -0.3 is 26.2 Å². The zero-order valence-electron chi connectivity index (χ0n) is 29.6. The molecule has 2 saturated carbocycles. The summed E-state index contributed by atoms with van der Waals surface area (Å²) < 4.78 is 27.0. The van der Waals surface area contributed by atoms with Crippen molar-refractivity contribution < 1.29 is 32.4 Å². The smallest absolute Gasteiger partial charge is 0.315 e. The zero-order valence-corrected chi connectivity index (χ0v) is 30.4. The summed E-state index contributed by atoms with van der Waals surface area (Å²) in [6.07, 6.45) is 9.86. The van der Waals surface area contributed by atoms with Gasteiger partial charge in [0.15, 0.2) is 0 Å². The highest BCUT2D eigenvalue weighted by Gasteiger charge is 2.69. The minimum Gasteiger partial charge on any atom is -0.349 e. The Kier molecular flexibility index (Phi) is 12.6. The summed E-state index contributed by atoms with van der Waals surface area (Å²) in [6.45, 7) is 6.76. The standard InChI is InChI=1S/C34H58N6O7S/c1-6-20-35-30(43)28(41)24-16-12-9-7-8-10-13-17-25(31(44)40-21-23-26(33(23,2)3)27(40)29(42)36-24)37-32(45)38-34(18-14-11-15-19-34)22-48(46,47)39(4)5/h23-27H,6-22H2,1-5H3,(H,35,43)(H,36,42)(H2,37,38,45)/t23-,24+,25+,26-,27-/m0/s1. The van der Waals surface area contributed by atoms with Crippen molar-refractivity contribution >= 4 is 39.6 Å². The quantitative estimate of drug-likeness (QED) is 0.268. The summed E-state index contributed by atoms with van der Waals surface area (Å²) >= 11 is 0. The zero-order chi connectivity index (χ0) is 35.3. The van der Waals surface area contributed by atoms with E-state index < -0.39 is 57.3 Å². The number of fused-ring (bicyclic) bond motifs is 3. The van der Waals surface area contributed by atoms with E-state index in [1.54, 1.807) is 4.90 Å². The lowest BCUT2D eigenvalue weighted by molar-refractivity contribution is -0.144. The first-order valence-electron chi connectivity index (χ1n) is 18.1. The number of carbonyl (C=O) groups excluding carboxylic acids is 5. The number of amides is 5. The molecule has 5 atom stereocenters. The Morgan fingerprint density at radius 1 is 0.938 bits per heavy atom. The van der Waals surface area contributed by atoms with Crippen LogP contribution < -0.4 is 21.3 Å². The number of urea groups is 1.